The Morgan fingerprint density at radius 2 is 2.00 bits per heavy atom. The van der Waals surface area contributed by atoms with Gasteiger partial charge in [-0.1, -0.05) is 12.1 Å². The summed E-state index contributed by atoms with van der Waals surface area (Å²) in [5.74, 6) is 0.797. The number of nitrogens with one attached hydrogen (secondary N) is 1. The highest BCUT2D eigenvalue weighted by molar-refractivity contribution is 9.10. The molecule has 1 aromatic heterocycles. The summed E-state index contributed by atoms with van der Waals surface area (Å²) < 4.78 is 8.91. The van der Waals surface area contributed by atoms with Crippen molar-refractivity contribution in [1.29, 1.82) is 0 Å². The van der Waals surface area contributed by atoms with Gasteiger partial charge in [-0.05, 0) is 52.4 Å². The molecule has 5 heteroatoms. The zero-order chi connectivity index (χ0) is 13.4. The molecule has 0 saturated heterocycles. The van der Waals surface area contributed by atoms with Crippen LogP contribution in [0.4, 0.5) is 0 Å². The quantitative estimate of drug-likeness (QED) is 0.701. The number of aromatic amines is 1. The Bertz CT molecular complexity index is 807. The number of hydrogen-bond acceptors (Lipinski definition) is 2. The molecule has 1 heterocycles. The predicted octanol–water partition coefficient (Wildman–Crippen LogP) is 4.46. The van der Waals surface area contributed by atoms with Crippen molar-refractivity contribution in [3.05, 3.63) is 51.7 Å². The van der Waals surface area contributed by atoms with Gasteiger partial charge in [-0.3, -0.25) is 4.57 Å². The van der Waals surface area contributed by atoms with Gasteiger partial charge >= 0.3 is 0 Å². The molecule has 0 fully saturated rings. The molecule has 0 aliphatic rings. The Morgan fingerprint density at radius 3 is 2.79 bits per heavy atom. The van der Waals surface area contributed by atoms with Crippen molar-refractivity contribution >= 4 is 39.2 Å². The molecule has 3 rings (SSSR count). The summed E-state index contributed by atoms with van der Waals surface area (Å²) >= 11 is 8.98. The van der Waals surface area contributed by atoms with Crippen LogP contribution in [0.25, 0.3) is 16.7 Å². The van der Waals surface area contributed by atoms with Crippen molar-refractivity contribution in [2.45, 2.75) is 0 Å². The van der Waals surface area contributed by atoms with Crippen LogP contribution >= 0.6 is 28.1 Å². The van der Waals surface area contributed by atoms with E-state index in [2.05, 4.69) is 20.9 Å². The first-order valence-electron chi connectivity index (χ1n) is 5.74. The number of rotatable bonds is 2. The molecule has 19 heavy (non-hydrogen) atoms. The standard InChI is InChI=1S/C14H11BrN2OS/c1-18-9-6-7-10(15)13(8-9)17-12-5-3-2-4-11(12)16-14(17)19/h2-8H,1H3,(H,16,19). The first kappa shape index (κ1) is 12.4. The largest absolute Gasteiger partial charge is 0.497 e. The first-order valence-corrected chi connectivity index (χ1v) is 6.94. The van der Waals surface area contributed by atoms with E-state index in [1.165, 1.54) is 0 Å². The van der Waals surface area contributed by atoms with Gasteiger partial charge in [-0.15, -0.1) is 0 Å². The van der Waals surface area contributed by atoms with Crippen LogP contribution in [-0.4, -0.2) is 16.7 Å². The third-order valence-electron chi connectivity index (χ3n) is 2.98. The smallest absolute Gasteiger partial charge is 0.182 e. The highest BCUT2D eigenvalue weighted by Crippen LogP contribution is 2.29. The van der Waals surface area contributed by atoms with Crippen molar-refractivity contribution in [3.63, 3.8) is 0 Å². The molecule has 0 aliphatic carbocycles. The van der Waals surface area contributed by atoms with E-state index >= 15 is 0 Å². The SMILES string of the molecule is COc1ccc(Br)c(-n2c(=S)[nH]c3ccccc32)c1. The topological polar surface area (TPSA) is 29.9 Å². The zero-order valence-electron chi connectivity index (χ0n) is 10.2. The van der Waals surface area contributed by atoms with E-state index in [1.54, 1.807) is 7.11 Å². The molecule has 3 aromatic rings. The van der Waals surface area contributed by atoms with Gasteiger partial charge in [-0.25, -0.2) is 0 Å². The van der Waals surface area contributed by atoms with E-state index in [0.29, 0.717) is 4.77 Å². The van der Waals surface area contributed by atoms with Crippen LogP contribution in [-0.2, 0) is 0 Å². The van der Waals surface area contributed by atoms with Gasteiger partial charge in [0.05, 0.1) is 23.8 Å². The maximum Gasteiger partial charge on any atom is 0.182 e. The summed E-state index contributed by atoms with van der Waals surface area (Å²) in [6.45, 7) is 0. The average Bonchev–Trinajstić information content (AvgIpc) is 2.75. The van der Waals surface area contributed by atoms with E-state index < -0.39 is 0 Å². The Labute approximate surface area is 124 Å². The summed E-state index contributed by atoms with van der Waals surface area (Å²) in [4.78, 5) is 3.21. The molecule has 2 aromatic carbocycles. The molecule has 0 saturated carbocycles. The molecule has 0 bridgehead atoms. The van der Waals surface area contributed by atoms with Crippen molar-refractivity contribution < 1.29 is 4.74 Å². The molecule has 0 unspecified atom stereocenters. The molecular formula is C14H11BrN2OS. The molecule has 0 atom stereocenters. The van der Waals surface area contributed by atoms with E-state index in [9.17, 15) is 0 Å². The van der Waals surface area contributed by atoms with Crippen LogP contribution in [0.5, 0.6) is 5.75 Å². The number of para-hydroxylation sites is 2. The minimum Gasteiger partial charge on any atom is -0.497 e. The summed E-state index contributed by atoms with van der Waals surface area (Å²) in [5.41, 5.74) is 3.02. The number of hydrogen-bond donors (Lipinski definition) is 1. The highest BCUT2D eigenvalue weighted by atomic mass is 79.9. The van der Waals surface area contributed by atoms with Crippen LogP contribution in [0.1, 0.15) is 0 Å². The van der Waals surface area contributed by atoms with Crippen molar-refractivity contribution in [1.82, 2.24) is 9.55 Å². The number of halogens is 1. The molecule has 0 amide bonds. The van der Waals surface area contributed by atoms with Gasteiger partial charge in [-0.2, -0.15) is 0 Å². The molecule has 0 aliphatic heterocycles. The number of aromatic nitrogens is 2. The van der Waals surface area contributed by atoms with Gasteiger partial charge in [0.25, 0.3) is 0 Å². The maximum absolute atomic E-state index is 5.42. The lowest BCUT2D eigenvalue weighted by molar-refractivity contribution is 0.414. The molecule has 96 valence electrons. The Hall–Kier alpha value is -1.59. The van der Waals surface area contributed by atoms with E-state index in [1.807, 2.05) is 47.0 Å². The predicted molar refractivity (Wildman–Crippen MR) is 82.7 cm³/mol. The summed E-state index contributed by atoms with van der Waals surface area (Å²) in [7, 11) is 1.65. The van der Waals surface area contributed by atoms with Crippen molar-refractivity contribution in [2.24, 2.45) is 0 Å². The molecular weight excluding hydrogens is 324 g/mol. The fraction of sp³-hybridized carbons (Fsp3) is 0.0714. The number of nitrogens with zero attached hydrogens (tertiary/aromatic N) is 1. The fourth-order valence-electron chi connectivity index (χ4n) is 2.08. The molecule has 3 nitrogen and oxygen atoms in total. The Balaban J connectivity index is 2.36. The first-order chi connectivity index (χ1) is 9.20. The van der Waals surface area contributed by atoms with E-state index in [0.717, 1.165) is 26.9 Å². The van der Waals surface area contributed by atoms with Crippen molar-refractivity contribution in [2.75, 3.05) is 7.11 Å². The summed E-state index contributed by atoms with van der Waals surface area (Å²) in [5, 5.41) is 0. The monoisotopic (exact) mass is 334 g/mol. The lowest BCUT2D eigenvalue weighted by atomic mass is 10.2. The number of benzene rings is 2. The minimum atomic E-state index is 0.662. The van der Waals surface area contributed by atoms with Gasteiger partial charge in [0.1, 0.15) is 5.75 Å². The number of ether oxygens (including phenoxy) is 1. The van der Waals surface area contributed by atoms with Gasteiger partial charge in [0, 0.05) is 10.5 Å². The third-order valence-corrected chi connectivity index (χ3v) is 3.94. The number of imidazole rings is 1. The van der Waals surface area contributed by atoms with Crippen LogP contribution < -0.4 is 4.74 Å². The molecule has 0 radical (unpaired) electrons. The average molecular weight is 335 g/mol. The van der Waals surface area contributed by atoms with Crippen LogP contribution in [0, 0.1) is 4.77 Å². The summed E-state index contributed by atoms with van der Waals surface area (Å²) in [6.07, 6.45) is 0. The van der Waals surface area contributed by atoms with Crippen molar-refractivity contribution in [3.8, 4) is 11.4 Å². The molecule has 1 N–H and O–H groups in total. The van der Waals surface area contributed by atoms with E-state index in [-0.39, 0.29) is 0 Å². The number of fused-ring (bicyclic) bond motifs is 1. The second-order valence-corrected chi connectivity index (χ2v) is 5.34. The van der Waals surface area contributed by atoms with Crippen LogP contribution in [0.3, 0.4) is 0 Å². The van der Waals surface area contributed by atoms with Gasteiger partial charge < -0.3 is 9.72 Å². The van der Waals surface area contributed by atoms with Crippen LogP contribution in [0.2, 0.25) is 0 Å². The van der Waals surface area contributed by atoms with Gasteiger partial charge in [0.2, 0.25) is 0 Å². The number of methoxy groups -OCH3 is 1. The van der Waals surface area contributed by atoms with Crippen LogP contribution in [0.15, 0.2) is 46.9 Å². The minimum absolute atomic E-state index is 0.662. The fourth-order valence-corrected chi connectivity index (χ4v) is 2.82. The second kappa shape index (κ2) is 4.83. The third kappa shape index (κ3) is 2.09. The van der Waals surface area contributed by atoms with E-state index in [4.69, 9.17) is 17.0 Å². The summed E-state index contributed by atoms with van der Waals surface area (Å²) in [6, 6.07) is 13.8. The zero-order valence-corrected chi connectivity index (χ0v) is 12.6. The highest BCUT2D eigenvalue weighted by Gasteiger charge is 2.10. The normalized spacial score (nSPS) is 10.8. The number of H-pyrrole nitrogens is 1. The molecule has 0 spiro atoms. The Kier molecular flexibility index (Phi) is 3.16. The lowest BCUT2D eigenvalue weighted by Crippen LogP contribution is -1.96. The van der Waals surface area contributed by atoms with Gasteiger partial charge in [0.15, 0.2) is 4.77 Å². The lowest BCUT2D eigenvalue weighted by Gasteiger charge is -2.09. The second-order valence-electron chi connectivity index (χ2n) is 4.10. The Morgan fingerprint density at radius 1 is 1.21 bits per heavy atom. The maximum atomic E-state index is 5.42.